The van der Waals surface area contributed by atoms with Crippen LogP contribution in [0, 0.1) is 0 Å². The van der Waals surface area contributed by atoms with E-state index in [9.17, 15) is 18.0 Å². The van der Waals surface area contributed by atoms with Crippen LogP contribution in [0.1, 0.15) is 10.4 Å². The Hall–Kier alpha value is -2.43. The fourth-order valence-electron chi connectivity index (χ4n) is 2.06. The van der Waals surface area contributed by atoms with Crippen molar-refractivity contribution in [3.63, 3.8) is 0 Å². The molecule has 2 aromatic carbocycles. The van der Waals surface area contributed by atoms with Gasteiger partial charge in [-0.2, -0.15) is 0 Å². The zero-order chi connectivity index (χ0) is 20.6. The van der Waals surface area contributed by atoms with Crippen LogP contribution in [0.25, 0.3) is 0 Å². The second-order valence-corrected chi connectivity index (χ2v) is 8.15. The first-order valence-electron chi connectivity index (χ1n) is 8.13. The molecule has 2 rings (SSSR count). The van der Waals surface area contributed by atoms with E-state index in [0.717, 1.165) is 4.47 Å². The fourth-order valence-corrected chi connectivity index (χ4v) is 3.38. The van der Waals surface area contributed by atoms with E-state index in [1.54, 1.807) is 12.1 Å². The van der Waals surface area contributed by atoms with Crippen LogP contribution in [0.3, 0.4) is 0 Å². The lowest BCUT2D eigenvalue weighted by Gasteiger charge is -2.09. The molecule has 0 fully saturated rings. The average molecular weight is 471 g/mol. The van der Waals surface area contributed by atoms with E-state index in [0.29, 0.717) is 13.2 Å². The number of hydrogen-bond donors (Lipinski definition) is 2. The summed E-state index contributed by atoms with van der Waals surface area (Å²) in [6, 6.07) is 11.9. The van der Waals surface area contributed by atoms with Crippen molar-refractivity contribution in [2.75, 3.05) is 31.6 Å². The number of rotatable bonds is 9. The Kier molecular flexibility index (Phi) is 7.97. The molecule has 0 saturated heterocycles. The highest BCUT2D eigenvalue weighted by Crippen LogP contribution is 2.19. The zero-order valence-corrected chi connectivity index (χ0v) is 17.4. The second kappa shape index (κ2) is 10.2. The third-order valence-corrected chi connectivity index (χ3v) is 5.39. The van der Waals surface area contributed by atoms with Crippen molar-refractivity contribution in [3.05, 3.63) is 58.6 Å². The number of ether oxygens (including phenoxy) is 2. The van der Waals surface area contributed by atoms with Crippen molar-refractivity contribution >= 4 is 43.5 Å². The van der Waals surface area contributed by atoms with Gasteiger partial charge in [0.25, 0.3) is 15.9 Å². The molecule has 0 unspecified atom stereocenters. The molecular weight excluding hydrogens is 452 g/mol. The van der Waals surface area contributed by atoms with Crippen molar-refractivity contribution in [3.8, 4) is 0 Å². The smallest absolute Gasteiger partial charge is 0.338 e. The summed E-state index contributed by atoms with van der Waals surface area (Å²) in [4.78, 5) is 23.6. The standard InChI is InChI=1S/C18H19BrN2O6S/c1-26-11-10-20-17(22)12-27-18(23)13-2-6-15(7-3-13)21-28(24,25)16-8-4-14(19)5-9-16/h2-9,21H,10-12H2,1H3,(H,20,22). The summed E-state index contributed by atoms with van der Waals surface area (Å²) < 4.78 is 37.6. The molecule has 0 saturated carbocycles. The molecule has 0 bridgehead atoms. The molecular formula is C18H19BrN2O6S. The molecule has 0 aliphatic carbocycles. The molecule has 150 valence electrons. The van der Waals surface area contributed by atoms with Gasteiger partial charge in [-0.3, -0.25) is 9.52 Å². The number of hydrogen-bond acceptors (Lipinski definition) is 6. The molecule has 8 nitrogen and oxygen atoms in total. The maximum atomic E-state index is 12.3. The van der Waals surface area contributed by atoms with Gasteiger partial charge in [-0.05, 0) is 48.5 Å². The third kappa shape index (κ3) is 6.63. The Morgan fingerprint density at radius 2 is 1.68 bits per heavy atom. The Bertz CT molecular complexity index is 914. The normalized spacial score (nSPS) is 10.9. The maximum Gasteiger partial charge on any atom is 0.338 e. The van der Waals surface area contributed by atoms with E-state index in [4.69, 9.17) is 9.47 Å². The van der Waals surface area contributed by atoms with E-state index >= 15 is 0 Å². The molecule has 28 heavy (non-hydrogen) atoms. The first kappa shape index (κ1) is 21.9. The lowest BCUT2D eigenvalue weighted by atomic mass is 10.2. The topological polar surface area (TPSA) is 111 Å². The zero-order valence-electron chi connectivity index (χ0n) is 15.0. The number of methoxy groups -OCH3 is 1. The van der Waals surface area contributed by atoms with Crippen LogP contribution in [0.5, 0.6) is 0 Å². The Labute approximate surface area is 171 Å². The minimum atomic E-state index is -3.75. The predicted octanol–water partition coefficient (Wildman–Crippen LogP) is 2.17. The Morgan fingerprint density at radius 3 is 2.29 bits per heavy atom. The SMILES string of the molecule is COCCNC(=O)COC(=O)c1ccc(NS(=O)(=O)c2ccc(Br)cc2)cc1. The molecule has 10 heteroatoms. The fraction of sp³-hybridized carbons (Fsp3) is 0.222. The number of sulfonamides is 1. The summed E-state index contributed by atoms with van der Waals surface area (Å²) in [6.45, 7) is 0.262. The monoisotopic (exact) mass is 470 g/mol. The Balaban J connectivity index is 1.92. The number of benzene rings is 2. The van der Waals surface area contributed by atoms with Gasteiger partial charge < -0.3 is 14.8 Å². The molecule has 0 aliphatic heterocycles. The van der Waals surface area contributed by atoms with E-state index in [1.807, 2.05) is 0 Å². The van der Waals surface area contributed by atoms with Crippen LogP contribution < -0.4 is 10.0 Å². The molecule has 2 aromatic rings. The van der Waals surface area contributed by atoms with Gasteiger partial charge in [-0.25, -0.2) is 13.2 Å². The first-order valence-corrected chi connectivity index (χ1v) is 10.4. The van der Waals surface area contributed by atoms with Gasteiger partial charge in [0.15, 0.2) is 6.61 Å². The quantitative estimate of drug-likeness (QED) is 0.429. The maximum absolute atomic E-state index is 12.3. The van der Waals surface area contributed by atoms with Gasteiger partial charge >= 0.3 is 5.97 Å². The number of esters is 1. The number of amides is 1. The van der Waals surface area contributed by atoms with Gasteiger partial charge in [-0.15, -0.1) is 0 Å². The van der Waals surface area contributed by atoms with Crippen molar-refractivity contribution in [1.29, 1.82) is 0 Å². The molecule has 0 spiro atoms. The molecule has 1 amide bonds. The van der Waals surface area contributed by atoms with Crippen molar-refractivity contribution < 1.29 is 27.5 Å². The second-order valence-electron chi connectivity index (χ2n) is 5.56. The number of carbonyl (C=O) groups is 2. The number of carbonyl (C=O) groups excluding carboxylic acids is 2. The minimum absolute atomic E-state index is 0.110. The van der Waals surface area contributed by atoms with Crippen LogP contribution in [-0.2, 0) is 24.3 Å². The van der Waals surface area contributed by atoms with E-state index in [-0.39, 0.29) is 16.1 Å². The van der Waals surface area contributed by atoms with Crippen LogP contribution in [-0.4, -0.2) is 47.2 Å². The van der Waals surface area contributed by atoms with Gasteiger partial charge in [0.1, 0.15) is 0 Å². The number of anilines is 1. The van der Waals surface area contributed by atoms with E-state index < -0.39 is 28.5 Å². The van der Waals surface area contributed by atoms with E-state index in [1.165, 1.54) is 43.5 Å². The van der Waals surface area contributed by atoms with Crippen LogP contribution in [0.2, 0.25) is 0 Å². The summed E-state index contributed by atoms with van der Waals surface area (Å²) in [5.74, 6) is -1.13. The van der Waals surface area contributed by atoms with Crippen molar-refractivity contribution in [2.24, 2.45) is 0 Å². The average Bonchev–Trinajstić information content (AvgIpc) is 2.67. The van der Waals surface area contributed by atoms with E-state index in [2.05, 4.69) is 26.0 Å². The minimum Gasteiger partial charge on any atom is -0.452 e. The summed E-state index contributed by atoms with van der Waals surface area (Å²) in [7, 11) is -2.24. The molecule has 2 N–H and O–H groups in total. The van der Waals surface area contributed by atoms with Crippen LogP contribution in [0.15, 0.2) is 57.9 Å². The van der Waals surface area contributed by atoms with Crippen LogP contribution >= 0.6 is 15.9 Å². The predicted molar refractivity (Wildman–Crippen MR) is 107 cm³/mol. The molecule has 0 radical (unpaired) electrons. The summed E-state index contributed by atoms with van der Waals surface area (Å²) in [5, 5.41) is 2.52. The van der Waals surface area contributed by atoms with Gasteiger partial charge in [0.2, 0.25) is 0 Å². The molecule has 0 aliphatic rings. The first-order chi connectivity index (χ1) is 13.3. The summed E-state index contributed by atoms with van der Waals surface area (Å²) in [5.41, 5.74) is 0.480. The van der Waals surface area contributed by atoms with Crippen LogP contribution in [0.4, 0.5) is 5.69 Å². The lowest BCUT2D eigenvalue weighted by Crippen LogP contribution is -2.31. The molecule has 0 atom stereocenters. The number of nitrogens with one attached hydrogen (secondary N) is 2. The highest BCUT2D eigenvalue weighted by atomic mass is 79.9. The van der Waals surface area contributed by atoms with Gasteiger partial charge in [0, 0.05) is 23.8 Å². The largest absolute Gasteiger partial charge is 0.452 e. The number of halogens is 1. The highest BCUT2D eigenvalue weighted by Gasteiger charge is 2.15. The lowest BCUT2D eigenvalue weighted by molar-refractivity contribution is -0.124. The van der Waals surface area contributed by atoms with Crippen molar-refractivity contribution in [2.45, 2.75) is 4.90 Å². The van der Waals surface area contributed by atoms with Gasteiger partial charge in [-0.1, -0.05) is 15.9 Å². The third-order valence-electron chi connectivity index (χ3n) is 3.46. The summed E-state index contributed by atoms with van der Waals surface area (Å²) >= 11 is 3.25. The Morgan fingerprint density at radius 1 is 1.04 bits per heavy atom. The highest BCUT2D eigenvalue weighted by molar-refractivity contribution is 9.10. The molecule has 0 aromatic heterocycles. The van der Waals surface area contributed by atoms with Crippen molar-refractivity contribution in [1.82, 2.24) is 5.32 Å². The summed E-state index contributed by atoms with van der Waals surface area (Å²) in [6.07, 6.45) is 0. The molecule has 0 heterocycles. The van der Waals surface area contributed by atoms with Gasteiger partial charge in [0.05, 0.1) is 17.1 Å².